The van der Waals surface area contributed by atoms with Crippen molar-refractivity contribution in [3.63, 3.8) is 0 Å². The van der Waals surface area contributed by atoms with Crippen LogP contribution in [0.2, 0.25) is 0 Å². The molecule has 0 aliphatic carbocycles. The smallest absolute Gasteiger partial charge is 0.411 e. The third-order valence-electron chi connectivity index (χ3n) is 4.19. The fourth-order valence-electron chi connectivity index (χ4n) is 3.10. The van der Waals surface area contributed by atoms with Gasteiger partial charge >= 0.3 is 6.18 Å². The number of para-hydroxylation sites is 2. The summed E-state index contributed by atoms with van der Waals surface area (Å²) in [5.41, 5.74) is 1.66. The van der Waals surface area contributed by atoms with Crippen molar-refractivity contribution in [3.05, 3.63) is 30.2 Å². The quantitative estimate of drug-likeness (QED) is 0.745. The van der Waals surface area contributed by atoms with Crippen molar-refractivity contribution in [1.82, 2.24) is 9.88 Å². The Morgan fingerprint density at radius 2 is 2.12 bits per heavy atom. The number of piperidine rings is 1. The Balaban J connectivity index is 1.47. The molecular weight excluding hydrogens is 321 g/mol. The lowest BCUT2D eigenvalue weighted by atomic mass is 9.98. The van der Waals surface area contributed by atoms with Crippen LogP contribution in [0, 0.1) is 0 Å². The van der Waals surface area contributed by atoms with Gasteiger partial charge in [-0.1, -0.05) is 12.1 Å². The van der Waals surface area contributed by atoms with E-state index in [2.05, 4.69) is 14.6 Å². The zero-order valence-electron chi connectivity index (χ0n) is 13.4. The number of rotatable bonds is 6. The maximum atomic E-state index is 12.0. The van der Waals surface area contributed by atoms with Gasteiger partial charge in [0.1, 0.15) is 12.1 Å². The first-order valence-electron chi connectivity index (χ1n) is 8.23. The van der Waals surface area contributed by atoms with Crippen LogP contribution in [0.5, 0.6) is 0 Å². The number of alkyl halides is 3. The van der Waals surface area contributed by atoms with E-state index in [1.165, 1.54) is 0 Å². The van der Waals surface area contributed by atoms with Crippen molar-refractivity contribution < 1.29 is 22.3 Å². The molecule has 0 N–H and O–H groups in total. The molecule has 0 bridgehead atoms. The third kappa shape index (κ3) is 4.70. The van der Waals surface area contributed by atoms with Gasteiger partial charge in [0.2, 0.25) is 0 Å². The highest BCUT2D eigenvalue weighted by molar-refractivity contribution is 5.72. The zero-order chi connectivity index (χ0) is 17.0. The lowest BCUT2D eigenvalue weighted by Crippen LogP contribution is -2.35. The number of nitrogens with zero attached hydrogens (tertiary/aromatic N) is 2. The molecule has 1 fully saturated rings. The number of benzene rings is 1. The highest BCUT2D eigenvalue weighted by atomic mass is 19.4. The molecular formula is C17H21F3N2O2. The van der Waals surface area contributed by atoms with Crippen molar-refractivity contribution in [3.8, 4) is 0 Å². The molecule has 1 aromatic heterocycles. The molecule has 0 spiro atoms. The number of fused-ring (bicyclic) bond motifs is 1. The fourth-order valence-corrected chi connectivity index (χ4v) is 3.10. The second-order valence-corrected chi connectivity index (χ2v) is 6.18. The molecule has 2 aromatic rings. The Hall–Kier alpha value is -1.60. The van der Waals surface area contributed by atoms with Gasteiger partial charge in [0, 0.05) is 25.6 Å². The van der Waals surface area contributed by atoms with Crippen LogP contribution in [0.1, 0.15) is 31.1 Å². The van der Waals surface area contributed by atoms with Crippen LogP contribution in [-0.4, -0.2) is 48.9 Å². The lowest BCUT2D eigenvalue weighted by Gasteiger charge is -2.31. The molecule has 0 amide bonds. The third-order valence-corrected chi connectivity index (χ3v) is 4.19. The summed E-state index contributed by atoms with van der Waals surface area (Å²) in [6, 6.07) is 7.69. The first-order valence-corrected chi connectivity index (χ1v) is 8.23. The average molecular weight is 342 g/mol. The van der Waals surface area contributed by atoms with E-state index in [0.717, 1.165) is 49.5 Å². The molecule has 1 aromatic carbocycles. The fraction of sp³-hybridized carbons (Fsp3) is 0.588. The molecule has 7 heteroatoms. The van der Waals surface area contributed by atoms with Crippen LogP contribution in [0.3, 0.4) is 0 Å². The van der Waals surface area contributed by atoms with Gasteiger partial charge in [-0.15, -0.1) is 0 Å². The van der Waals surface area contributed by atoms with E-state index < -0.39 is 12.8 Å². The Kier molecular flexibility index (Phi) is 5.40. The van der Waals surface area contributed by atoms with Crippen LogP contribution in [0.15, 0.2) is 28.7 Å². The molecule has 1 saturated heterocycles. The van der Waals surface area contributed by atoms with Crippen LogP contribution in [0.25, 0.3) is 11.1 Å². The van der Waals surface area contributed by atoms with Crippen LogP contribution in [0.4, 0.5) is 13.2 Å². The summed E-state index contributed by atoms with van der Waals surface area (Å²) in [7, 11) is 0. The predicted octanol–water partition coefficient (Wildman–Crippen LogP) is 3.98. The Morgan fingerprint density at radius 3 is 2.92 bits per heavy atom. The summed E-state index contributed by atoms with van der Waals surface area (Å²) >= 11 is 0. The number of hydrogen-bond donors (Lipinski definition) is 0. The molecule has 4 nitrogen and oxygen atoms in total. The van der Waals surface area contributed by atoms with Gasteiger partial charge in [0.15, 0.2) is 11.5 Å². The number of likely N-dealkylation sites (tertiary alicyclic amines) is 1. The Labute approximate surface area is 138 Å². The van der Waals surface area contributed by atoms with Gasteiger partial charge in [0.05, 0.1) is 0 Å². The van der Waals surface area contributed by atoms with Gasteiger partial charge in [-0.2, -0.15) is 13.2 Å². The van der Waals surface area contributed by atoms with Crippen molar-refractivity contribution >= 4 is 11.1 Å². The number of halogens is 3. The summed E-state index contributed by atoms with van der Waals surface area (Å²) in [6.07, 6.45) is -1.60. The van der Waals surface area contributed by atoms with Gasteiger partial charge in [0.25, 0.3) is 0 Å². The number of aromatic nitrogens is 1. The van der Waals surface area contributed by atoms with E-state index >= 15 is 0 Å². The second-order valence-electron chi connectivity index (χ2n) is 6.18. The largest absolute Gasteiger partial charge is 0.440 e. The first-order chi connectivity index (χ1) is 11.5. The molecule has 0 saturated carbocycles. The van der Waals surface area contributed by atoms with E-state index in [1.54, 1.807) is 0 Å². The maximum absolute atomic E-state index is 12.0. The predicted molar refractivity (Wildman–Crippen MR) is 83.9 cm³/mol. The molecule has 1 aliphatic rings. The van der Waals surface area contributed by atoms with Gasteiger partial charge < -0.3 is 14.1 Å². The van der Waals surface area contributed by atoms with E-state index in [9.17, 15) is 13.2 Å². The highest BCUT2D eigenvalue weighted by Crippen LogP contribution is 2.29. The number of hydrogen-bond acceptors (Lipinski definition) is 4. The summed E-state index contributed by atoms with van der Waals surface area (Å²) in [5, 5.41) is 0. The van der Waals surface area contributed by atoms with Gasteiger partial charge in [-0.25, -0.2) is 4.98 Å². The van der Waals surface area contributed by atoms with E-state index in [4.69, 9.17) is 4.42 Å². The Bertz CT molecular complexity index is 624. The SMILES string of the molecule is FC(F)(F)COCCCN1CCCC(c2nc3ccccc3o2)C1. The molecule has 2 heterocycles. The van der Waals surface area contributed by atoms with Crippen molar-refractivity contribution in [2.75, 3.05) is 32.8 Å². The molecule has 132 valence electrons. The zero-order valence-corrected chi connectivity index (χ0v) is 13.4. The van der Waals surface area contributed by atoms with Crippen LogP contribution < -0.4 is 0 Å². The van der Waals surface area contributed by atoms with E-state index in [-0.39, 0.29) is 12.5 Å². The number of oxazole rings is 1. The van der Waals surface area contributed by atoms with E-state index in [0.29, 0.717) is 6.42 Å². The molecule has 24 heavy (non-hydrogen) atoms. The summed E-state index contributed by atoms with van der Waals surface area (Å²) < 4.78 is 46.5. The van der Waals surface area contributed by atoms with E-state index in [1.807, 2.05) is 24.3 Å². The minimum absolute atomic E-state index is 0.129. The summed E-state index contributed by atoms with van der Waals surface area (Å²) in [4.78, 5) is 6.81. The first kappa shape index (κ1) is 17.2. The lowest BCUT2D eigenvalue weighted by molar-refractivity contribution is -0.174. The molecule has 0 radical (unpaired) electrons. The minimum atomic E-state index is -4.25. The normalized spacial score (nSPS) is 19.9. The summed E-state index contributed by atoms with van der Waals surface area (Å²) in [6.45, 7) is 1.47. The Morgan fingerprint density at radius 1 is 1.29 bits per heavy atom. The standard InChI is InChI=1S/C17H21F3N2O2/c18-17(19,20)12-23-10-4-9-22-8-3-5-13(11-22)16-21-14-6-1-2-7-15(14)24-16/h1-2,6-7,13H,3-5,8-12H2. The van der Waals surface area contributed by atoms with Crippen molar-refractivity contribution in [2.24, 2.45) is 0 Å². The maximum Gasteiger partial charge on any atom is 0.411 e. The topological polar surface area (TPSA) is 38.5 Å². The monoisotopic (exact) mass is 342 g/mol. The van der Waals surface area contributed by atoms with Crippen LogP contribution in [-0.2, 0) is 4.74 Å². The number of ether oxygens (including phenoxy) is 1. The van der Waals surface area contributed by atoms with Crippen molar-refractivity contribution in [1.29, 1.82) is 0 Å². The second kappa shape index (κ2) is 7.53. The molecule has 1 aliphatic heterocycles. The van der Waals surface area contributed by atoms with Gasteiger partial charge in [-0.3, -0.25) is 0 Å². The molecule has 1 atom stereocenters. The minimum Gasteiger partial charge on any atom is -0.440 e. The van der Waals surface area contributed by atoms with Crippen molar-refractivity contribution in [2.45, 2.75) is 31.4 Å². The molecule has 1 unspecified atom stereocenters. The molecule has 3 rings (SSSR count). The van der Waals surface area contributed by atoms with Crippen LogP contribution >= 0.6 is 0 Å². The average Bonchev–Trinajstić information content (AvgIpc) is 2.98. The summed E-state index contributed by atoms with van der Waals surface area (Å²) in [5.74, 6) is 0.997. The highest BCUT2D eigenvalue weighted by Gasteiger charge is 2.28. The van der Waals surface area contributed by atoms with Gasteiger partial charge in [-0.05, 0) is 37.9 Å².